The number of quaternary nitrogens is 1. The normalized spacial score (nSPS) is 25.1. The van der Waals surface area contributed by atoms with Crippen molar-refractivity contribution in [3.63, 3.8) is 0 Å². The second-order valence-electron chi connectivity index (χ2n) is 10.8. The molecule has 2 bridgehead atoms. The first-order valence-corrected chi connectivity index (χ1v) is 13.0. The van der Waals surface area contributed by atoms with Crippen LogP contribution >= 0.6 is 0 Å². The number of nitrogens with zero attached hydrogens (tertiary/aromatic N) is 3. The van der Waals surface area contributed by atoms with Crippen LogP contribution in [0.3, 0.4) is 0 Å². The number of hydrogen-bond donors (Lipinski definition) is 0. The van der Waals surface area contributed by atoms with E-state index in [1.807, 2.05) is 42.5 Å². The van der Waals surface area contributed by atoms with Crippen LogP contribution in [0.25, 0.3) is 0 Å². The summed E-state index contributed by atoms with van der Waals surface area (Å²) in [7, 11) is 0. The van der Waals surface area contributed by atoms with Gasteiger partial charge in [0.1, 0.15) is 35.0 Å². The Bertz CT molecular complexity index is 1410. The molecule has 4 aliphatic rings. The van der Waals surface area contributed by atoms with Gasteiger partial charge >= 0.3 is 0 Å². The summed E-state index contributed by atoms with van der Waals surface area (Å²) in [5.41, 5.74) is 1.41. The second kappa shape index (κ2) is 8.42. The van der Waals surface area contributed by atoms with Gasteiger partial charge in [-0.25, -0.2) is 4.39 Å². The average Bonchev–Trinajstić information content (AvgIpc) is 3.38. The molecule has 4 aliphatic heterocycles. The molecule has 0 radical (unpaired) electrons. The minimum atomic E-state index is -0.616. The summed E-state index contributed by atoms with van der Waals surface area (Å²) in [6, 6.07) is 22.5. The quantitative estimate of drug-likeness (QED) is 0.323. The van der Waals surface area contributed by atoms with Crippen molar-refractivity contribution in [3.05, 3.63) is 102 Å². The van der Waals surface area contributed by atoms with Gasteiger partial charge in [0, 0.05) is 36.0 Å². The number of hydrogen-bond acceptors (Lipinski definition) is 5. The maximum absolute atomic E-state index is 13.7. The zero-order chi connectivity index (χ0) is 25.0. The van der Waals surface area contributed by atoms with Crippen molar-refractivity contribution in [2.45, 2.75) is 37.8 Å². The first-order valence-electron chi connectivity index (χ1n) is 13.0. The molecular weight excluding hydrogens is 469 g/mol. The minimum Gasteiger partial charge on any atom is -0.484 e. The van der Waals surface area contributed by atoms with Gasteiger partial charge in [0.2, 0.25) is 5.89 Å². The zero-order valence-corrected chi connectivity index (χ0v) is 20.8. The van der Waals surface area contributed by atoms with Gasteiger partial charge in [-0.05, 0) is 31.2 Å². The van der Waals surface area contributed by atoms with Gasteiger partial charge in [-0.2, -0.15) is 0 Å². The third-order valence-corrected chi connectivity index (χ3v) is 8.56. The lowest BCUT2D eigenvalue weighted by Crippen LogP contribution is -2.64. The molecule has 8 rings (SSSR count). The molecule has 3 aromatic carbocycles. The predicted molar refractivity (Wildman–Crippen MR) is 135 cm³/mol. The third kappa shape index (κ3) is 3.72. The number of halogens is 1. The van der Waals surface area contributed by atoms with Crippen LogP contribution in [-0.2, 0) is 12.0 Å². The summed E-state index contributed by atoms with van der Waals surface area (Å²) in [5, 5.41) is 9.14. The molecule has 37 heavy (non-hydrogen) atoms. The number of ether oxygens (including phenoxy) is 2. The van der Waals surface area contributed by atoms with Crippen LogP contribution in [0, 0.1) is 11.7 Å². The zero-order valence-electron chi connectivity index (χ0n) is 20.8. The van der Waals surface area contributed by atoms with Gasteiger partial charge in [-0.1, -0.05) is 42.5 Å². The molecule has 6 nitrogen and oxygen atoms in total. The van der Waals surface area contributed by atoms with Crippen molar-refractivity contribution in [3.8, 4) is 17.2 Å². The fraction of sp³-hybridized carbons (Fsp3) is 0.333. The van der Waals surface area contributed by atoms with Crippen LogP contribution < -0.4 is 9.47 Å². The molecular formula is C30H29FN3O3+. The molecule has 188 valence electrons. The highest BCUT2D eigenvalue weighted by atomic mass is 19.1. The SMILES string of the molecule is CC1(c2nnc(C[N+]34CCC(CC3)[C@@H](Oc3cccc(F)c3)C4)o2)c2ccccc2Oc2ccccc21. The van der Waals surface area contributed by atoms with Crippen LogP contribution in [0.5, 0.6) is 17.2 Å². The minimum absolute atomic E-state index is 0.0541. The highest BCUT2D eigenvalue weighted by Gasteiger charge is 2.49. The van der Waals surface area contributed by atoms with E-state index >= 15 is 0 Å². The highest BCUT2D eigenvalue weighted by molar-refractivity contribution is 5.60. The van der Waals surface area contributed by atoms with Gasteiger partial charge in [0.25, 0.3) is 5.89 Å². The number of rotatable bonds is 5. The van der Waals surface area contributed by atoms with E-state index in [9.17, 15) is 4.39 Å². The van der Waals surface area contributed by atoms with E-state index in [-0.39, 0.29) is 11.9 Å². The maximum Gasteiger partial charge on any atom is 0.271 e. The van der Waals surface area contributed by atoms with Crippen molar-refractivity contribution in [2.24, 2.45) is 5.92 Å². The van der Waals surface area contributed by atoms with Gasteiger partial charge in [0.15, 0.2) is 12.6 Å². The van der Waals surface area contributed by atoms with Gasteiger partial charge < -0.3 is 18.4 Å². The average molecular weight is 499 g/mol. The number of para-hydroxylation sites is 2. The summed E-state index contributed by atoms with van der Waals surface area (Å²) < 4.78 is 33.5. The Morgan fingerprint density at radius 1 is 0.946 bits per heavy atom. The maximum atomic E-state index is 13.7. The van der Waals surface area contributed by atoms with Crippen LogP contribution in [0.1, 0.15) is 42.7 Å². The van der Waals surface area contributed by atoms with E-state index in [1.165, 1.54) is 12.1 Å². The fourth-order valence-corrected chi connectivity index (χ4v) is 6.53. The second-order valence-corrected chi connectivity index (χ2v) is 10.8. The van der Waals surface area contributed by atoms with Crippen LogP contribution in [0.15, 0.2) is 77.2 Å². The topological polar surface area (TPSA) is 57.4 Å². The molecule has 0 amide bonds. The van der Waals surface area contributed by atoms with E-state index in [2.05, 4.69) is 29.3 Å². The lowest BCUT2D eigenvalue weighted by molar-refractivity contribution is -0.959. The molecule has 0 aliphatic carbocycles. The van der Waals surface area contributed by atoms with Crippen molar-refractivity contribution in [1.82, 2.24) is 10.2 Å². The molecule has 0 saturated carbocycles. The largest absolute Gasteiger partial charge is 0.484 e. The van der Waals surface area contributed by atoms with E-state index in [4.69, 9.17) is 13.9 Å². The van der Waals surface area contributed by atoms with Crippen LogP contribution in [0.2, 0.25) is 0 Å². The molecule has 1 aromatic heterocycles. The summed E-state index contributed by atoms with van der Waals surface area (Å²) >= 11 is 0. The molecule has 4 aromatic rings. The Balaban J connectivity index is 1.18. The summed E-state index contributed by atoms with van der Waals surface area (Å²) in [6.45, 7) is 5.77. The van der Waals surface area contributed by atoms with Crippen molar-refractivity contribution in [1.29, 1.82) is 0 Å². The Morgan fingerprint density at radius 3 is 2.35 bits per heavy atom. The lowest BCUT2D eigenvalue weighted by Gasteiger charge is -2.51. The Morgan fingerprint density at radius 2 is 1.65 bits per heavy atom. The molecule has 0 unspecified atom stereocenters. The standard InChI is InChI=1S/C30H29FN3O3/c1-30(23-9-2-4-11-25(23)36-26-12-5-3-10-24(26)30)29-33-32-28(37-29)19-34-15-13-20(14-16-34)27(18-34)35-22-8-6-7-21(31)17-22/h2-12,17,20,27H,13-16,18-19H2,1H3/q+1/t20?,27-,34?/m0/s1. The number of fused-ring (bicyclic) bond motifs is 5. The Kier molecular flexibility index (Phi) is 5.11. The van der Waals surface area contributed by atoms with Crippen molar-refractivity contribution < 1.29 is 22.8 Å². The molecule has 0 N–H and O–H groups in total. The van der Waals surface area contributed by atoms with E-state index in [0.29, 0.717) is 30.0 Å². The monoisotopic (exact) mass is 498 g/mol. The first kappa shape index (κ1) is 22.5. The predicted octanol–water partition coefficient (Wildman–Crippen LogP) is 5.86. The molecule has 7 heteroatoms. The molecule has 3 saturated heterocycles. The summed E-state index contributed by atoms with van der Waals surface area (Å²) in [5.74, 6) is 3.65. The van der Waals surface area contributed by atoms with Crippen LogP contribution in [-0.4, -0.2) is 40.4 Å². The lowest BCUT2D eigenvalue weighted by atomic mass is 9.74. The molecule has 0 spiro atoms. The van der Waals surface area contributed by atoms with Crippen molar-refractivity contribution in [2.75, 3.05) is 19.6 Å². The van der Waals surface area contributed by atoms with Crippen molar-refractivity contribution >= 4 is 0 Å². The van der Waals surface area contributed by atoms with Gasteiger partial charge in [-0.3, -0.25) is 0 Å². The number of piperidine rings is 3. The summed E-state index contributed by atoms with van der Waals surface area (Å²) in [4.78, 5) is 0. The number of aromatic nitrogens is 2. The van der Waals surface area contributed by atoms with Gasteiger partial charge in [-0.15, -0.1) is 10.2 Å². The highest BCUT2D eigenvalue weighted by Crippen LogP contribution is 2.51. The first-order chi connectivity index (χ1) is 18.0. The molecule has 1 atom stereocenters. The van der Waals surface area contributed by atoms with E-state index in [0.717, 1.165) is 59.6 Å². The third-order valence-electron chi connectivity index (χ3n) is 8.56. The molecule has 3 fully saturated rings. The summed E-state index contributed by atoms with van der Waals surface area (Å²) in [6.07, 6.45) is 2.21. The van der Waals surface area contributed by atoms with Gasteiger partial charge in [0.05, 0.1) is 13.1 Å². The van der Waals surface area contributed by atoms with Crippen LogP contribution in [0.4, 0.5) is 4.39 Å². The van der Waals surface area contributed by atoms with E-state index < -0.39 is 5.41 Å². The van der Waals surface area contributed by atoms with E-state index in [1.54, 1.807) is 6.07 Å². The number of benzene rings is 3. The fourth-order valence-electron chi connectivity index (χ4n) is 6.53. The molecule has 5 heterocycles. The smallest absolute Gasteiger partial charge is 0.271 e. The Labute approximate surface area is 215 Å². The Hall–Kier alpha value is -3.71.